The number of hydrogen-bond donors (Lipinski definition) is 1. The van der Waals surface area contributed by atoms with Gasteiger partial charge < -0.3 is 24.4 Å². The first kappa shape index (κ1) is 28.8. The smallest absolute Gasteiger partial charge is 0.276 e. The van der Waals surface area contributed by atoms with Crippen LogP contribution in [0.5, 0.6) is 5.75 Å². The van der Waals surface area contributed by atoms with E-state index in [4.69, 9.17) is 14.2 Å². The number of likely N-dealkylation sites (tertiary alicyclic amines) is 1. The van der Waals surface area contributed by atoms with E-state index in [9.17, 15) is 4.79 Å². The summed E-state index contributed by atoms with van der Waals surface area (Å²) in [5.41, 5.74) is 1.77. The third-order valence-corrected chi connectivity index (χ3v) is 9.25. The van der Waals surface area contributed by atoms with Crippen LogP contribution in [0.15, 0.2) is 36.7 Å². The summed E-state index contributed by atoms with van der Waals surface area (Å²) >= 11 is 0. The van der Waals surface area contributed by atoms with Crippen molar-refractivity contribution in [1.82, 2.24) is 19.8 Å². The molecule has 3 heterocycles. The van der Waals surface area contributed by atoms with Crippen molar-refractivity contribution in [2.45, 2.75) is 69.1 Å². The van der Waals surface area contributed by atoms with Crippen LogP contribution in [0, 0.1) is 5.92 Å². The molecule has 0 bridgehead atoms. The largest absolute Gasteiger partial charge is 0.491 e. The van der Waals surface area contributed by atoms with E-state index < -0.39 is 0 Å². The summed E-state index contributed by atoms with van der Waals surface area (Å²) in [6.07, 6.45) is 9.17. The van der Waals surface area contributed by atoms with Gasteiger partial charge in [-0.05, 0) is 63.0 Å². The van der Waals surface area contributed by atoms with Crippen LogP contribution >= 0.6 is 0 Å². The summed E-state index contributed by atoms with van der Waals surface area (Å²) in [5.74, 6) is 2.09. The SMILES string of the molecule is COc1c(NC[C@H]2CCC[C@@H](c3ccccc3)C2)ncnc1C(=O)N1CCC(N(C)C2CCOCC2OC)CC1. The number of nitrogens with zero attached hydrogens (tertiary/aromatic N) is 4. The van der Waals surface area contributed by atoms with E-state index in [2.05, 4.69) is 57.6 Å². The molecule has 0 spiro atoms. The van der Waals surface area contributed by atoms with E-state index in [0.29, 0.717) is 60.9 Å². The number of benzene rings is 1. The molecule has 218 valence electrons. The summed E-state index contributed by atoms with van der Waals surface area (Å²) in [4.78, 5) is 26.8. The molecule has 4 atom stereocenters. The Morgan fingerprint density at radius 2 is 1.90 bits per heavy atom. The van der Waals surface area contributed by atoms with Gasteiger partial charge in [0.05, 0.1) is 19.8 Å². The molecule has 9 nitrogen and oxygen atoms in total. The fraction of sp³-hybridized carbons (Fsp3) is 0.645. The van der Waals surface area contributed by atoms with Crippen LogP contribution in [0.4, 0.5) is 5.82 Å². The number of hydrogen-bond acceptors (Lipinski definition) is 8. The van der Waals surface area contributed by atoms with Gasteiger partial charge in [0.1, 0.15) is 6.33 Å². The number of nitrogens with one attached hydrogen (secondary N) is 1. The third-order valence-electron chi connectivity index (χ3n) is 9.25. The topological polar surface area (TPSA) is 89.0 Å². The molecule has 9 heteroatoms. The summed E-state index contributed by atoms with van der Waals surface area (Å²) < 4.78 is 17.0. The summed E-state index contributed by atoms with van der Waals surface area (Å²) in [6, 6.07) is 11.6. The molecule has 5 rings (SSSR count). The van der Waals surface area contributed by atoms with Gasteiger partial charge in [-0.1, -0.05) is 36.8 Å². The molecular formula is C31H45N5O4. The van der Waals surface area contributed by atoms with Crippen molar-refractivity contribution in [2.75, 3.05) is 59.4 Å². The Bertz CT molecular complexity index is 1090. The maximum atomic E-state index is 13.6. The molecule has 3 fully saturated rings. The highest BCUT2D eigenvalue weighted by atomic mass is 16.5. The van der Waals surface area contributed by atoms with Crippen LogP contribution in [0.25, 0.3) is 0 Å². The molecule has 1 aromatic heterocycles. The van der Waals surface area contributed by atoms with Crippen LogP contribution < -0.4 is 10.1 Å². The van der Waals surface area contributed by atoms with Gasteiger partial charge in [0, 0.05) is 45.4 Å². The van der Waals surface area contributed by atoms with Crippen molar-refractivity contribution in [3.63, 3.8) is 0 Å². The second-order valence-electron chi connectivity index (χ2n) is 11.5. The molecule has 2 aliphatic heterocycles. The monoisotopic (exact) mass is 551 g/mol. The first-order valence-corrected chi connectivity index (χ1v) is 14.9. The summed E-state index contributed by atoms with van der Waals surface area (Å²) in [6.45, 7) is 3.59. The minimum atomic E-state index is -0.0916. The zero-order valence-corrected chi connectivity index (χ0v) is 24.3. The quantitative estimate of drug-likeness (QED) is 0.496. The van der Waals surface area contributed by atoms with Gasteiger partial charge in [0.15, 0.2) is 17.3 Å². The molecule has 1 amide bonds. The first-order valence-electron chi connectivity index (χ1n) is 14.9. The molecule has 1 N–H and O–H groups in total. The Morgan fingerprint density at radius 1 is 1.10 bits per heavy atom. The summed E-state index contributed by atoms with van der Waals surface area (Å²) in [7, 11) is 5.54. The van der Waals surface area contributed by atoms with E-state index in [0.717, 1.165) is 38.8 Å². The van der Waals surface area contributed by atoms with E-state index in [1.807, 2.05) is 4.90 Å². The van der Waals surface area contributed by atoms with Crippen molar-refractivity contribution >= 4 is 11.7 Å². The van der Waals surface area contributed by atoms with Gasteiger partial charge in [-0.15, -0.1) is 0 Å². The van der Waals surface area contributed by atoms with Crippen molar-refractivity contribution in [1.29, 1.82) is 0 Å². The minimum absolute atomic E-state index is 0.0902. The third kappa shape index (κ3) is 6.58. The Kier molecular flexibility index (Phi) is 9.88. The lowest BCUT2D eigenvalue weighted by Crippen LogP contribution is -2.54. The van der Waals surface area contributed by atoms with Gasteiger partial charge in [0.2, 0.25) is 0 Å². The van der Waals surface area contributed by atoms with Gasteiger partial charge >= 0.3 is 0 Å². The highest BCUT2D eigenvalue weighted by molar-refractivity contribution is 5.96. The lowest BCUT2D eigenvalue weighted by molar-refractivity contribution is -0.0891. The number of carbonyl (C=O) groups excluding carboxylic acids is 1. The van der Waals surface area contributed by atoms with Crippen LogP contribution in [-0.4, -0.2) is 98.0 Å². The number of carbonyl (C=O) groups is 1. The number of likely N-dealkylation sites (N-methyl/N-ethyl adjacent to an activating group) is 1. The maximum absolute atomic E-state index is 13.6. The second kappa shape index (κ2) is 13.7. The van der Waals surface area contributed by atoms with Crippen molar-refractivity contribution in [3.8, 4) is 5.75 Å². The average molecular weight is 552 g/mol. The molecule has 1 saturated carbocycles. The number of anilines is 1. The summed E-state index contributed by atoms with van der Waals surface area (Å²) in [5, 5.41) is 3.50. The molecule has 2 unspecified atom stereocenters. The van der Waals surface area contributed by atoms with Gasteiger partial charge in [-0.2, -0.15) is 0 Å². The number of ether oxygens (including phenoxy) is 3. The molecule has 1 aromatic carbocycles. The maximum Gasteiger partial charge on any atom is 0.276 e. The van der Waals surface area contributed by atoms with Gasteiger partial charge in [-0.25, -0.2) is 9.97 Å². The van der Waals surface area contributed by atoms with E-state index in [1.54, 1.807) is 14.2 Å². The number of aromatic nitrogens is 2. The molecular weight excluding hydrogens is 506 g/mol. The molecule has 40 heavy (non-hydrogen) atoms. The lowest BCUT2D eigenvalue weighted by Gasteiger charge is -2.44. The minimum Gasteiger partial charge on any atom is -0.491 e. The second-order valence-corrected chi connectivity index (χ2v) is 11.5. The zero-order valence-electron chi connectivity index (χ0n) is 24.3. The van der Waals surface area contributed by atoms with Crippen LogP contribution in [0.1, 0.15) is 66.9 Å². The molecule has 1 aliphatic carbocycles. The lowest BCUT2D eigenvalue weighted by atomic mass is 9.78. The highest BCUT2D eigenvalue weighted by Crippen LogP contribution is 2.37. The average Bonchev–Trinajstić information content (AvgIpc) is 3.03. The number of amides is 1. The van der Waals surface area contributed by atoms with E-state index >= 15 is 0 Å². The zero-order chi connectivity index (χ0) is 27.9. The number of methoxy groups -OCH3 is 2. The standard InChI is InChI=1S/C31H45N5O4/c1-35(26-14-17-40-20-27(26)38-2)25-12-15-36(16-13-25)31(37)28-29(39-3)30(34-21-33-28)32-19-22-8-7-11-24(18-22)23-9-5-4-6-10-23/h4-6,9-10,21-22,24-27H,7-8,11-20H2,1-3H3,(H,32,33,34)/t22-,24+,26?,27?/m0/s1. The van der Waals surface area contributed by atoms with E-state index in [-0.39, 0.29) is 12.0 Å². The van der Waals surface area contributed by atoms with Crippen molar-refractivity contribution in [2.24, 2.45) is 5.92 Å². The number of piperidine rings is 1. The van der Waals surface area contributed by atoms with Gasteiger partial charge in [0.25, 0.3) is 5.91 Å². The van der Waals surface area contributed by atoms with E-state index in [1.165, 1.54) is 31.2 Å². The van der Waals surface area contributed by atoms with Crippen LogP contribution in [0.3, 0.4) is 0 Å². The predicted octanol–water partition coefficient (Wildman–Crippen LogP) is 4.21. The fourth-order valence-electron chi connectivity index (χ4n) is 6.88. The molecule has 3 aliphatic rings. The number of rotatable bonds is 9. The van der Waals surface area contributed by atoms with Crippen LogP contribution in [0.2, 0.25) is 0 Å². The Hall–Kier alpha value is -2.75. The molecule has 0 radical (unpaired) electrons. The Labute approximate surface area is 238 Å². The molecule has 2 aromatic rings. The Morgan fingerprint density at radius 3 is 2.65 bits per heavy atom. The van der Waals surface area contributed by atoms with Crippen LogP contribution in [-0.2, 0) is 9.47 Å². The fourth-order valence-corrected chi connectivity index (χ4v) is 6.88. The first-order chi connectivity index (χ1) is 19.6. The van der Waals surface area contributed by atoms with Crippen molar-refractivity contribution < 1.29 is 19.0 Å². The highest BCUT2D eigenvalue weighted by Gasteiger charge is 2.35. The normalized spacial score (nSPS) is 26.1. The van der Waals surface area contributed by atoms with Crippen molar-refractivity contribution in [3.05, 3.63) is 47.9 Å². The predicted molar refractivity (Wildman–Crippen MR) is 155 cm³/mol. The molecule has 2 saturated heterocycles. The Balaban J connectivity index is 1.18. The van der Waals surface area contributed by atoms with Gasteiger partial charge in [-0.3, -0.25) is 9.69 Å².